The highest BCUT2D eigenvalue weighted by atomic mass is 16.9. The van der Waals surface area contributed by atoms with Crippen LogP contribution in [0.2, 0.25) is 0 Å². The van der Waals surface area contributed by atoms with Crippen molar-refractivity contribution < 1.29 is 48.8 Å². The minimum atomic E-state index is -0.914. The fourth-order valence-corrected chi connectivity index (χ4v) is 7.60. The molecule has 230 valence electrons. The average Bonchev–Trinajstić information content (AvgIpc) is 3.28. The third-order valence-electron chi connectivity index (χ3n) is 9.21. The van der Waals surface area contributed by atoms with Crippen LogP contribution in [-0.4, -0.2) is 72.3 Å². The molecule has 0 heterocycles. The zero-order valence-corrected chi connectivity index (χ0v) is 24.3. The molecule has 0 spiro atoms. The number of allylic oxidation sites excluding steroid dienone is 4. The van der Waals surface area contributed by atoms with Crippen LogP contribution in [0.5, 0.6) is 0 Å². The summed E-state index contributed by atoms with van der Waals surface area (Å²) in [6.45, 7) is 6.37. The van der Waals surface area contributed by atoms with Crippen molar-refractivity contribution in [3.8, 4) is 0 Å². The van der Waals surface area contributed by atoms with Crippen LogP contribution in [0.3, 0.4) is 0 Å². The molecule has 7 unspecified atom stereocenters. The van der Waals surface area contributed by atoms with Crippen LogP contribution in [0, 0.1) is 44.6 Å². The van der Waals surface area contributed by atoms with Crippen molar-refractivity contribution >= 4 is 24.0 Å². The number of aliphatic hydroxyl groups is 2. The van der Waals surface area contributed by atoms with Gasteiger partial charge in [0.2, 0.25) is 0 Å². The largest absolute Gasteiger partial charge is 0.468 e. The van der Waals surface area contributed by atoms with Gasteiger partial charge >= 0.3 is 5.97 Å². The number of carbonyl (C=O) groups is 4. The van der Waals surface area contributed by atoms with Crippen LogP contribution < -0.4 is 0 Å². The van der Waals surface area contributed by atoms with E-state index in [0.717, 1.165) is 31.9 Å². The van der Waals surface area contributed by atoms with Crippen LogP contribution >= 0.6 is 0 Å². The number of aliphatic hydroxyl groups excluding tert-OH is 2. The Balaban J connectivity index is 0.000000759. The van der Waals surface area contributed by atoms with E-state index in [-0.39, 0.29) is 72.1 Å². The summed E-state index contributed by atoms with van der Waals surface area (Å²) in [7, 11) is 1.00. The summed E-state index contributed by atoms with van der Waals surface area (Å²) in [5.41, 5.74) is 0.397. The van der Waals surface area contributed by atoms with E-state index >= 15 is 0 Å². The Bertz CT molecular complexity index is 1020. The van der Waals surface area contributed by atoms with Gasteiger partial charge in [-0.2, -0.15) is 0 Å². The molecule has 0 radical (unpaired) electrons. The third kappa shape index (κ3) is 7.79. The number of nitrogens with zero attached hydrogens (tertiary/aromatic N) is 1. The molecule has 0 saturated heterocycles. The summed E-state index contributed by atoms with van der Waals surface area (Å²) < 4.78 is 9.31. The maximum absolute atomic E-state index is 13.1. The van der Waals surface area contributed by atoms with Crippen LogP contribution in [0.25, 0.3) is 0 Å². The van der Waals surface area contributed by atoms with E-state index in [4.69, 9.17) is 9.84 Å². The molecule has 0 aromatic rings. The zero-order chi connectivity index (χ0) is 30.8. The van der Waals surface area contributed by atoms with Gasteiger partial charge in [0, 0.05) is 30.8 Å². The van der Waals surface area contributed by atoms with Crippen LogP contribution in [0.4, 0.5) is 0 Å². The lowest BCUT2D eigenvalue weighted by Gasteiger charge is -2.58. The van der Waals surface area contributed by atoms with E-state index in [9.17, 15) is 34.4 Å². The summed E-state index contributed by atoms with van der Waals surface area (Å²) >= 11 is 0. The van der Waals surface area contributed by atoms with Gasteiger partial charge in [-0.05, 0) is 74.9 Å². The lowest BCUT2D eigenvalue weighted by Crippen LogP contribution is -2.56. The highest BCUT2D eigenvalue weighted by Crippen LogP contribution is 2.66. The number of ketones is 2. The first-order valence-electron chi connectivity index (χ1n) is 14.1. The van der Waals surface area contributed by atoms with E-state index in [0.29, 0.717) is 25.9 Å². The Morgan fingerprint density at radius 3 is 2.54 bits per heavy atom. The number of hydrogen-bond donors (Lipinski definition) is 2. The van der Waals surface area contributed by atoms with E-state index < -0.39 is 17.2 Å². The molecular weight excluding hydrogens is 538 g/mol. The number of rotatable bonds is 10. The summed E-state index contributed by atoms with van der Waals surface area (Å²) in [6, 6.07) is 0. The Hall–Kier alpha value is -3.12. The summed E-state index contributed by atoms with van der Waals surface area (Å²) in [5, 5.41) is 27.6. The standard InChI is InChI=1S/C25H33NO8.C3H6O2.CH4O/c1-24-10-9-16(27)12-15(24)5-6-17-18-7-8-19(25(18,2)13-20(28)23(17)24)21(29)14-33-22(30)4-3-11-34-26(31)32;1-2-5-3-4;1-2/h9-10,12,17-20,23,28H,3-8,11,13-14H2,1-2H3;3H,2H2,1H3;2H,1H3. The van der Waals surface area contributed by atoms with Crippen LogP contribution in [0.1, 0.15) is 65.7 Å². The molecule has 0 aromatic heterocycles. The molecule has 7 atom stereocenters. The Labute approximate surface area is 240 Å². The molecule has 41 heavy (non-hydrogen) atoms. The molecule has 3 saturated carbocycles. The van der Waals surface area contributed by atoms with Gasteiger partial charge in [-0.1, -0.05) is 25.5 Å². The second kappa shape index (κ2) is 15.2. The van der Waals surface area contributed by atoms with Crippen molar-refractivity contribution in [2.75, 3.05) is 26.9 Å². The molecule has 4 rings (SSSR count). The molecule has 4 aliphatic carbocycles. The van der Waals surface area contributed by atoms with E-state index in [1.54, 1.807) is 19.1 Å². The number of carbonyl (C=O) groups excluding carboxylic acids is 4. The minimum absolute atomic E-state index is 0.00689. The smallest absolute Gasteiger partial charge is 0.306 e. The van der Waals surface area contributed by atoms with Gasteiger partial charge in [-0.25, -0.2) is 0 Å². The first kappa shape index (κ1) is 34.1. The Morgan fingerprint density at radius 1 is 1.22 bits per heavy atom. The SMILES string of the molecule is CC12C=CC(=O)C=C1CCC1C2C(O)CC2(C)C(C(=O)COC(=O)CCCO[N+](=O)[O-])CCC12.CCOC=O.CO. The second-order valence-corrected chi connectivity index (χ2v) is 11.3. The monoisotopic (exact) mass is 581 g/mol. The molecule has 12 nitrogen and oxygen atoms in total. The molecular formula is C29H43NO11. The number of fused-ring (bicyclic) bond motifs is 5. The predicted molar refractivity (Wildman–Crippen MR) is 145 cm³/mol. The molecule has 3 fully saturated rings. The fraction of sp³-hybridized carbons (Fsp3) is 0.724. The first-order valence-corrected chi connectivity index (χ1v) is 14.1. The van der Waals surface area contributed by atoms with E-state index in [1.165, 1.54) is 0 Å². The fourth-order valence-electron chi connectivity index (χ4n) is 7.60. The Morgan fingerprint density at radius 2 is 1.93 bits per heavy atom. The first-order chi connectivity index (χ1) is 19.5. The van der Waals surface area contributed by atoms with Crippen molar-refractivity contribution in [3.05, 3.63) is 33.9 Å². The quantitative estimate of drug-likeness (QED) is 0.127. The molecule has 0 bridgehead atoms. The second-order valence-electron chi connectivity index (χ2n) is 11.3. The van der Waals surface area contributed by atoms with Crippen molar-refractivity contribution in [1.29, 1.82) is 0 Å². The predicted octanol–water partition coefficient (Wildman–Crippen LogP) is 2.77. The lowest BCUT2D eigenvalue weighted by atomic mass is 9.46. The van der Waals surface area contributed by atoms with Gasteiger partial charge in [0.1, 0.15) is 6.61 Å². The number of esters is 1. The van der Waals surface area contributed by atoms with Gasteiger partial charge in [-0.15, -0.1) is 10.1 Å². The average molecular weight is 582 g/mol. The summed E-state index contributed by atoms with van der Waals surface area (Å²) in [4.78, 5) is 60.5. The molecule has 0 aliphatic heterocycles. The zero-order valence-electron chi connectivity index (χ0n) is 24.3. The molecule has 0 aromatic carbocycles. The summed E-state index contributed by atoms with van der Waals surface area (Å²) in [6.07, 6.45) is 8.64. The number of ether oxygens (including phenoxy) is 2. The van der Waals surface area contributed by atoms with E-state index in [1.807, 2.05) is 6.08 Å². The van der Waals surface area contributed by atoms with Gasteiger partial charge in [0.15, 0.2) is 11.6 Å². The molecule has 0 amide bonds. The summed E-state index contributed by atoms with van der Waals surface area (Å²) in [5.74, 6) is -0.425. The van der Waals surface area contributed by atoms with Gasteiger partial charge < -0.3 is 24.5 Å². The topological polar surface area (TPSA) is 180 Å². The third-order valence-corrected chi connectivity index (χ3v) is 9.21. The molecule has 12 heteroatoms. The van der Waals surface area contributed by atoms with Gasteiger partial charge in [0.25, 0.3) is 11.6 Å². The highest BCUT2D eigenvalue weighted by Gasteiger charge is 2.62. The van der Waals surface area contributed by atoms with Crippen molar-refractivity contribution in [2.45, 2.75) is 71.8 Å². The normalized spacial score (nSPS) is 32.7. The Kier molecular flexibility index (Phi) is 12.6. The maximum atomic E-state index is 13.1. The van der Waals surface area contributed by atoms with Crippen molar-refractivity contribution in [1.82, 2.24) is 0 Å². The molecule has 2 N–H and O–H groups in total. The van der Waals surface area contributed by atoms with Crippen LogP contribution in [0.15, 0.2) is 23.8 Å². The molecule has 4 aliphatic rings. The van der Waals surface area contributed by atoms with Crippen molar-refractivity contribution in [2.24, 2.45) is 34.5 Å². The minimum Gasteiger partial charge on any atom is -0.468 e. The highest BCUT2D eigenvalue weighted by molar-refractivity contribution is 6.01. The van der Waals surface area contributed by atoms with Crippen molar-refractivity contribution in [3.63, 3.8) is 0 Å². The van der Waals surface area contributed by atoms with E-state index in [2.05, 4.69) is 23.4 Å². The number of hydrogen-bond acceptors (Lipinski definition) is 11. The van der Waals surface area contributed by atoms with Gasteiger partial charge in [-0.3, -0.25) is 19.2 Å². The lowest BCUT2D eigenvalue weighted by molar-refractivity contribution is -0.757. The maximum Gasteiger partial charge on any atom is 0.306 e. The van der Waals surface area contributed by atoms with Gasteiger partial charge in [0.05, 0.1) is 19.3 Å². The number of Topliss-reactive ketones (excluding diaryl/α,β-unsaturated/α-hetero) is 1. The van der Waals surface area contributed by atoms with Crippen LogP contribution in [-0.2, 0) is 33.5 Å².